The summed E-state index contributed by atoms with van der Waals surface area (Å²) in [4.78, 5) is 22.9. The van der Waals surface area contributed by atoms with Crippen molar-refractivity contribution < 1.29 is 19.0 Å². The van der Waals surface area contributed by atoms with Crippen LogP contribution in [-0.2, 0) is 14.3 Å². The van der Waals surface area contributed by atoms with Crippen LogP contribution in [0.5, 0.6) is 5.88 Å². The van der Waals surface area contributed by atoms with Crippen LogP contribution >= 0.6 is 11.8 Å². The number of amides is 1. The van der Waals surface area contributed by atoms with Gasteiger partial charge in [0.2, 0.25) is 11.8 Å². The van der Waals surface area contributed by atoms with Crippen molar-refractivity contribution in [3.63, 3.8) is 0 Å². The SMILES string of the molecule is CC1COCCN1CCN1C(=O)CSc2ccc(-c3cccc(OC4COC4)n3)cc21. The molecule has 1 aromatic heterocycles. The van der Waals surface area contributed by atoms with Gasteiger partial charge in [-0.15, -0.1) is 11.8 Å². The lowest BCUT2D eigenvalue weighted by molar-refractivity contribution is -0.116. The molecule has 0 bridgehead atoms. The molecule has 2 aromatic rings. The average molecular weight is 442 g/mol. The third kappa shape index (κ3) is 4.57. The van der Waals surface area contributed by atoms with Crippen molar-refractivity contribution in [1.29, 1.82) is 0 Å². The first-order valence-electron chi connectivity index (χ1n) is 10.8. The van der Waals surface area contributed by atoms with E-state index in [9.17, 15) is 4.79 Å². The van der Waals surface area contributed by atoms with Gasteiger partial charge in [0.05, 0.1) is 43.6 Å². The molecule has 5 rings (SSSR count). The van der Waals surface area contributed by atoms with Crippen molar-refractivity contribution in [1.82, 2.24) is 9.88 Å². The highest BCUT2D eigenvalue weighted by Crippen LogP contribution is 2.38. The van der Waals surface area contributed by atoms with E-state index in [1.165, 1.54) is 0 Å². The predicted molar refractivity (Wildman–Crippen MR) is 120 cm³/mol. The first kappa shape index (κ1) is 20.8. The van der Waals surface area contributed by atoms with Crippen LogP contribution in [0.2, 0.25) is 0 Å². The number of ether oxygens (including phenoxy) is 3. The number of fused-ring (bicyclic) bond motifs is 1. The van der Waals surface area contributed by atoms with Crippen LogP contribution in [0.4, 0.5) is 5.69 Å². The van der Waals surface area contributed by atoms with Gasteiger partial charge in [-0.05, 0) is 25.1 Å². The summed E-state index contributed by atoms with van der Waals surface area (Å²) in [6.07, 6.45) is 0.0818. The number of anilines is 1. The Morgan fingerprint density at radius 1 is 1.16 bits per heavy atom. The summed E-state index contributed by atoms with van der Waals surface area (Å²) < 4.78 is 16.6. The molecular weight excluding hydrogens is 414 g/mol. The maximum Gasteiger partial charge on any atom is 0.237 e. The van der Waals surface area contributed by atoms with Crippen molar-refractivity contribution in [2.45, 2.75) is 24.0 Å². The number of hydrogen-bond donors (Lipinski definition) is 0. The van der Waals surface area contributed by atoms with Crippen LogP contribution in [0.15, 0.2) is 41.3 Å². The predicted octanol–water partition coefficient (Wildman–Crippen LogP) is 2.69. The molecule has 3 aliphatic rings. The van der Waals surface area contributed by atoms with E-state index in [4.69, 9.17) is 14.2 Å². The minimum Gasteiger partial charge on any atom is -0.469 e. The number of benzene rings is 1. The van der Waals surface area contributed by atoms with E-state index in [1.54, 1.807) is 11.8 Å². The van der Waals surface area contributed by atoms with E-state index in [1.807, 2.05) is 23.1 Å². The Labute approximate surface area is 186 Å². The molecule has 0 saturated carbocycles. The Morgan fingerprint density at radius 2 is 2.06 bits per heavy atom. The Morgan fingerprint density at radius 3 is 2.87 bits per heavy atom. The quantitative estimate of drug-likeness (QED) is 0.683. The highest BCUT2D eigenvalue weighted by Gasteiger charge is 2.27. The lowest BCUT2D eigenvalue weighted by atomic mass is 10.1. The minimum absolute atomic E-state index is 0.0818. The van der Waals surface area contributed by atoms with Crippen molar-refractivity contribution in [3.05, 3.63) is 36.4 Å². The van der Waals surface area contributed by atoms with E-state index in [0.29, 0.717) is 37.4 Å². The van der Waals surface area contributed by atoms with Crippen LogP contribution in [0.3, 0.4) is 0 Å². The van der Waals surface area contributed by atoms with Gasteiger partial charge in [-0.1, -0.05) is 12.1 Å². The Hall–Kier alpha value is -2.13. The molecule has 0 N–H and O–H groups in total. The summed E-state index contributed by atoms with van der Waals surface area (Å²) in [5.41, 5.74) is 2.79. The molecule has 3 aliphatic heterocycles. The molecule has 1 atom stereocenters. The molecule has 1 aromatic carbocycles. The molecule has 2 fully saturated rings. The lowest BCUT2D eigenvalue weighted by Gasteiger charge is -2.36. The zero-order valence-electron chi connectivity index (χ0n) is 17.7. The molecular formula is C23H27N3O4S. The van der Waals surface area contributed by atoms with E-state index in [-0.39, 0.29) is 12.0 Å². The number of hydrogen-bond acceptors (Lipinski definition) is 7. The molecule has 4 heterocycles. The van der Waals surface area contributed by atoms with Gasteiger partial charge in [0.15, 0.2) is 0 Å². The molecule has 164 valence electrons. The number of rotatable bonds is 6. The lowest BCUT2D eigenvalue weighted by Crippen LogP contribution is -2.48. The summed E-state index contributed by atoms with van der Waals surface area (Å²) >= 11 is 1.60. The smallest absolute Gasteiger partial charge is 0.237 e. The second-order valence-corrected chi connectivity index (χ2v) is 9.13. The fourth-order valence-corrected chi connectivity index (χ4v) is 4.94. The molecule has 0 radical (unpaired) electrons. The van der Waals surface area contributed by atoms with Crippen LogP contribution in [0, 0.1) is 0 Å². The Kier molecular flexibility index (Phi) is 6.13. The first-order valence-corrected chi connectivity index (χ1v) is 11.8. The first-order chi connectivity index (χ1) is 15.2. The average Bonchev–Trinajstić information content (AvgIpc) is 2.76. The second-order valence-electron chi connectivity index (χ2n) is 8.11. The molecule has 8 heteroatoms. The van der Waals surface area contributed by atoms with Gasteiger partial charge in [0.1, 0.15) is 6.10 Å². The molecule has 31 heavy (non-hydrogen) atoms. The summed E-state index contributed by atoms with van der Waals surface area (Å²) in [7, 11) is 0. The number of nitrogens with zero attached hydrogens (tertiary/aromatic N) is 3. The fraction of sp³-hybridized carbons (Fsp3) is 0.478. The van der Waals surface area contributed by atoms with E-state index >= 15 is 0 Å². The number of morpholine rings is 1. The number of carbonyl (C=O) groups is 1. The van der Waals surface area contributed by atoms with Gasteiger partial charge in [-0.3, -0.25) is 9.69 Å². The second kappa shape index (κ2) is 9.16. The summed E-state index contributed by atoms with van der Waals surface area (Å²) in [5, 5.41) is 0. The van der Waals surface area contributed by atoms with Gasteiger partial charge < -0.3 is 19.1 Å². The normalized spacial score (nSPS) is 22.2. The molecule has 0 spiro atoms. The van der Waals surface area contributed by atoms with Crippen molar-refractivity contribution in [2.75, 3.05) is 56.7 Å². The van der Waals surface area contributed by atoms with E-state index < -0.39 is 0 Å². The largest absolute Gasteiger partial charge is 0.469 e. The Bertz CT molecular complexity index is 952. The van der Waals surface area contributed by atoms with Crippen LogP contribution in [0.25, 0.3) is 11.3 Å². The van der Waals surface area contributed by atoms with Gasteiger partial charge in [-0.25, -0.2) is 4.98 Å². The van der Waals surface area contributed by atoms with Gasteiger partial charge in [0, 0.05) is 42.2 Å². The fourth-order valence-electron chi connectivity index (χ4n) is 4.02. The summed E-state index contributed by atoms with van der Waals surface area (Å²) in [6.45, 7) is 7.34. The van der Waals surface area contributed by atoms with Crippen LogP contribution in [0.1, 0.15) is 6.92 Å². The maximum atomic E-state index is 12.8. The number of carbonyl (C=O) groups excluding carboxylic acids is 1. The van der Waals surface area contributed by atoms with Gasteiger partial charge >= 0.3 is 0 Å². The molecule has 1 amide bonds. The zero-order chi connectivity index (χ0) is 21.2. The molecule has 7 nitrogen and oxygen atoms in total. The topological polar surface area (TPSA) is 64.1 Å². The standard InChI is InChI=1S/C23H27N3O4S/c1-16-12-28-10-9-25(16)7-8-26-20-11-17(5-6-21(20)31-15-23(26)27)19-3-2-4-22(24-19)30-18-13-29-14-18/h2-6,11,16,18H,7-10,12-15H2,1H3. The van der Waals surface area contributed by atoms with Crippen molar-refractivity contribution >= 4 is 23.4 Å². The highest BCUT2D eigenvalue weighted by atomic mass is 32.2. The number of thioether (sulfide) groups is 1. The highest BCUT2D eigenvalue weighted by molar-refractivity contribution is 8.00. The summed E-state index contributed by atoms with van der Waals surface area (Å²) in [5.74, 6) is 1.24. The monoisotopic (exact) mass is 441 g/mol. The minimum atomic E-state index is 0.0818. The van der Waals surface area contributed by atoms with Crippen LogP contribution < -0.4 is 9.64 Å². The molecule has 1 unspecified atom stereocenters. The van der Waals surface area contributed by atoms with Gasteiger partial charge in [0.25, 0.3) is 0 Å². The Balaban J connectivity index is 1.36. The summed E-state index contributed by atoms with van der Waals surface area (Å²) in [6, 6.07) is 12.4. The van der Waals surface area contributed by atoms with Crippen LogP contribution in [-0.4, -0.2) is 79.8 Å². The number of pyridine rings is 1. The zero-order valence-corrected chi connectivity index (χ0v) is 18.5. The molecule has 0 aliphatic carbocycles. The van der Waals surface area contributed by atoms with E-state index in [2.05, 4.69) is 35.0 Å². The molecule has 2 saturated heterocycles. The van der Waals surface area contributed by atoms with Crippen molar-refractivity contribution in [2.24, 2.45) is 0 Å². The maximum absolute atomic E-state index is 12.8. The number of aromatic nitrogens is 1. The van der Waals surface area contributed by atoms with Gasteiger partial charge in [-0.2, -0.15) is 0 Å². The van der Waals surface area contributed by atoms with Crippen molar-refractivity contribution in [3.8, 4) is 17.1 Å². The third-order valence-corrected chi connectivity index (χ3v) is 6.98. The van der Waals surface area contributed by atoms with E-state index in [0.717, 1.165) is 48.1 Å². The third-order valence-electron chi connectivity index (χ3n) is 5.93.